The summed E-state index contributed by atoms with van der Waals surface area (Å²) in [5, 5.41) is 25.8. The van der Waals surface area contributed by atoms with Crippen molar-refractivity contribution in [2.45, 2.75) is 20.0 Å². The largest absolute Gasteiger partial charge is 0.508 e. The van der Waals surface area contributed by atoms with Crippen LogP contribution in [-0.2, 0) is 13.1 Å². The van der Waals surface area contributed by atoms with Gasteiger partial charge in [0, 0.05) is 29.9 Å². The molecule has 158 valence electrons. The third kappa shape index (κ3) is 3.74. The molecule has 0 aliphatic carbocycles. The molecule has 5 aromatic rings. The maximum absolute atomic E-state index is 10.8. The zero-order valence-corrected chi connectivity index (χ0v) is 18.0. The second kappa shape index (κ2) is 8.27. The minimum Gasteiger partial charge on any atom is -0.508 e. The molecule has 2 N–H and O–H groups in total. The molecule has 3 heteroatoms. The van der Waals surface area contributed by atoms with Crippen LogP contribution in [0.2, 0.25) is 0 Å². The van der Waals surface area contributed by atoms with Crippen LogP contribution in [0.15, 0.2) is 97.1 Å². The van der Waals surface area contributed by atoms with Gasteiger partial charge in [-0.25, -0.2) is 0 Å². The molecule has 0 bridgehead atoms. The molecule has 32 heavy (non-hydrogen) atoms. The van der Waals surface area contributed by atoms with E-state index in [2.05, 4.69) is 48.2 Å². The summed E-state index contributed by atoms with van der Waals surface area (Å²) in [5.41, 5.74) is 3.98. The third-order valence-electron chi connectivity index (χ3n) is 6.13. The fraction of sp³-hybridized carbons (Fsp3) is 0.103. The summed E-state index contributed by atoms with van der Waals surface area (Å²) in [7, 11) is 0. The number of rotatable bonds is 5. The van der Waals surface area contributed by atoms with E-state index in [0.29, 0.717) is 13.1 Å². The molecule has 0 aliphatic heterocycles. The van der Waals surface area contributed by atoms with Crippen molar-refractivity contribution in [1.82, 2.24) is 0 Å². The zero-order chi connectivity index (χ0) is 22.1. The fourth-order valence-corrected chi connectivity index (χ4v) is 4.36. The number of phenolic OH excluding ortho intramolecular Hbond substituents is 2. The van der Waals surface area contributed by atoms with Gasteiger partial charge in [-0.2, -0.15) is 0 Å². The van der Waals surface area contributed by atoms with Crippen LogP contribution in [0.1, 0.15) is 16.7 Å². The van der Waals surface area contributed by atoms with Gasteiger partial charge in [0.15, 0.2) is 0 Å². The number of anilines is 1. The number of hydrogen-bond donors (Lipinski definition) is 2. The average molecular weight is 420 g/mol. The Morgan fingerprint density at radius 3 is 1.53 bits per heavy atom. The van der Waals surface area contributed by atoms with Gasteiger partial charge in [-0.3, -0.25) is 0 Å². The minimum absolute atomic E-state index is 0.281. The molecule has 3 nitrogen and oxygen atoms in total. The van der Waals surface area contributed by atoms with Crippen molar-refractivity contribution in [3.63, 3.8) is 0 Å². The van der Waals surface area contributed by atoms with Crippen LogP contribution < -0.4 is 4.90 Å². The van der Waals surface area contributed by atoms with E-state index in [4.69, 9.17) is 0 Å². The van der Waals surface area contributed by atoms with Gasteiger partial charge in [-0.15, -0.1) is 0 Å². The summed E-state index contributed by atoms with van der Waals surface area (Å²) in [4.78, 5) is 2.21. The van der Waals surface area contributed by atoms with Crippen molar-refractivity contribution >= 4 is 27.2 Å². The normalized spacial score (nSPS) is 11.2. The van der Waals surface area contributed by atoms with E-state index >= 15 is 0 Å². The Balaban J connectivity index is 1.63. The molecule has 0 saturated heterocycles. The Bertz CT molecular complexity index is 1320. The molecule has 0 amide bonds. The van der Waals surface area contributed by atoms with Crippen LogP contribution in [-0.4, -0.2) is 10.2 Å². The van der Waals surface area contributed by atoms with E-state index in [1.54, 1.807) is 12.1 Å². The minimum atomic E-state index is 0.281. The zero-order valence-electron chi connectivity index (χ0n) is 18.0. The lowest BCUT2D eigenvalue weighted by atomic mass is 10.0. The van der Waals surface area contributed by atoms with Gasteiger partial charge >= 0.3 is 0 Å². The van der Waals surface area contributed by atoms with Crippen molar-refractivity contribution in [2.75, 3.05) is 4.90 Å². The second-order valence-corrected chi connectivity index (χ2v) is 8.26. The molecular formula is C29H25NO2. The van der Waals surface area contributed by atoms with E-state index < -0.39 is 0 Å². The lowest BCUT2D eigenvalue weighted by Gasteiger charge is -2.27. The first-order valence-electron chi connectivity index (χ1n) is 10.8. The standard InChI is InChI=1S/C29H25NO2/c1-20-10-14-23(15-11-20)30(18-26-24-8-4-2-6-21(24)12-16-28(26)31)19-27-25-9-5-3-7-22(25)13-17-29(27)32/h2-17,31-32H,18-19H2,1H3. The van der Waals surface area contributed by atoms with Crippen LogP contribution in [0.3, 0.4) is 0 Å². The molecule has 0 aliphatic rings. The first-order chi connectivity index (χ1) is 15.6. The van der Waals surface area contributed by atoms with E-state index in [1.807, 2.05) is 48.5 Å². The van der Waals surface area contributed by atoms with Crippen LogP contribution in [0.25, 0.3) is 21.5 Å². The third-order valence-corrected chi connectivity index (χ3v) is 6.13. The molecule has 0 heterocycles. The lowest BCUT2D eigenvalue weighted by Crippen LogP contribution is -2.22. The van der Waals surface area contributed by atoms with E-state index in [1.165, 1.54) is 5.56 Å². The van der Waals surface area contributed by atoms with E-state index in [0.717, 1.165) is 38.4 Å². The van der Waals surface area contributed by atoms with Gasteiger partial charge < -0.3 is 15.1 Å². The van der Waals surface area contributed by atoms with Crippen molar-refractivity contribution in [3.8, 4) is 11.5 Å². The number of nitrogens with zero attached hydrogens (tertiary/aromatic N) is 1. The highest BCUT2D eigenvalue weighted by molar-refractivity contribution is 5.89. The number of phenols is 2. The number of aryl methyl sites for hydroxylation is 1. The van der Waals surface area contributed by atoms with Crippen molar-refractivity contribution < 1.29 is 10.2 Å². The van der Waals surface area contributed by atoms with Crippen LogP contribution >= 0.6 is 0 Å². The number of benzene rings is 5. The first kappa shape index (κ1) is 20.0. The molecule has 5 rings (SSSR count). The molecular weight excluding hydrogens is 394 g/mol. The molecule has 0 radical (unpaired) electrons. The molecule has 5 aromatic carbocycles. The molecule has 0 fully saturated rings. The summed E-state index contributed by atoms with van der Waals surface area (Å²) in [5.74, 6) is 0.561. The first-order valence-corrected chi connectivity index (χ1v) is 10.8. The van der Waals surface area contributed by atoms with Gasteiger partial charge in [-0.05, 0) is 52.7 Å². The predicted octanol–water partition coefficient (Wildman–Crippen LogP) is 6.92. The second-order valence-electron chi connectivity index (χ2n) is 8.26. The molecule has 0 aromatic heterocycles. The summed E-state index contributed by atoms with van der Waals surface area (Å²) < 4.78 is 0. The van der Waals surface area contributed by atoms with Crippen molar-refractivity contribution in [3.05, 3.63) is 114 Å². The van der Waals surface area contributed by atoms with Crippen molar-refractivity contribution in [1.29, 1.82) is 0 Å². The summed E-state index contributed by atoms with van der Waals surface area (Å²) in [6, 6.07) is 32.0. The molecule has 0 unspecified atom stereocenters. The van der Waals surface area contributed by atoms with Gasteiger partial charge in [0.1, 0.15) is 11.5 Å². The van der Waals surface area contributed by atoms with E-state index in [-0.39, 0.29) is 11.5 Å². The average Bonchev–Trinajstić information content (AvgIpc) is 2.82. The van der Waals surface area contributed by atoms with Gasteiger partial charge in [0.05, 0.1) is 0 Å². The fourth-order valence-electron chi connectivity index (χ4n) is 4.36. The highest BCUT2D eigenvalue weighted by Crippen LogP contribution is 2.34. The topological polar surface area (TPSA) is 43.7 Å². The Morgan fingerprint density at radius 2 is 1.03 bits per heavy atom. The van der Waals surface area contributed by atoms with E-state index in [9.17, 15) is 10.2 Å². The Morgan fingerprint density at radius 1 is 0.562 bits per heavy atom. The van der Waals surface area contributed by atoms with Crippen LogP contribution in [0, 0.1) is 6.92 Å². The summed E-state index contributed by atoms with van der Waals surface area (Å²) in [6.45, 7) is 3.10. The van der Waals surface area contributed by atoms with Crippen molar-refractivity contribution in [2.24, 2.45) is 0 Å². The number of aromatic hydroxyl groups is 2. The van der Waals surface area contributed by atoms with Gasteiger partial charge in [-0.1, -0.05) is 78.4 Å². The quantitative estimate of drug-likeness (QED) is 0.325. The van der Waals surface area contributed by atoms with Crippen LogP contribution in [0.4, 0.5) is 5.69 Å². The Kier molecular flexibility index (Phi) is 5.16. The molecule has 0 atom stereocenters. The highest BCUT2D eigenvalue weighted by Gasteiger charge is 2.17. The monoisotopic (exact) mass is 419 g/mol. The maximum atomic E-state index is 10.8. The highest BCUT2D eigenvalue weighted by atomic mass is 16.3. The molecule has 0 spiro atoms. The van der Waals surface area contributed by atoms with Gasteiger partial charge in [0.2, 0.25) is 0 Å². The summed E-state index contributed by atoms with van der Waals surface area (Å²) >= 11 is 0. The Hall–Kier alpha value is -3.98. The SMILES string of the molecule is Cc1ccc(N(Cc2c(O)ccc3ccccc23)Cc2c(O)ccc3ccccc23)cc1. The summed E-state index contributed by atoms with van der Waals surface area (Å²) in [6.07, 6.45) is 0. The predicted molar refractivity (Wildman–Crippen MR) is 132 cm³/mol. The lowest BCUT2D eigenvalue weighted by molar-refractivity contribution is 0.465. The number of fused-ring (bicyclic) bond motifs is 2. The maximum Gasteiger partial charge on any atom is 0.121 e. The smallest absolute Gasteiger partial charge is 0.121 e. The van der Waals surface area contributed by atoms with Gasteiger partial charge in [0.25, 0.3) is 0 Å². The Labute approximate surface area is 187 Å². The van der Waals surface area contributed by atoms with Crippen LogP contribution in [0.5, 0.6) is 11.5 Å². The number of hydrogen-bond acceptors (Lipinski definition) is 3. The molecule has 0 saturated carbocycles.